The molecule has 1 rings (SSSR count). The molecular formula is C16H25NO3S. The van der Waals surface area contributed by atoms with Gasteiger partial charge in [-0.2, -0.15) is 4.31 Å². The maximum atomic E-state index is 12.7. The summed E-state index contributed by atoms with van der Waals surface area (Å²) >= 11 is 0. The molecule has 0 saturated carbocycles. The van der Waals surface area contributed by atoms with E-state index in [1.807, 2.05) is 20.8 Å². The largest absolute Gasteiger partial charge is 0.294 e. The van der Waals surface area contributed by atoms with Gasteiger partial charge in [-0.05, 0) is 18.1 Å². The Kier molecular flexibility index (Phi) is 6.55. The van der Waals surface area contributed by atoms with Crippen LogP contribution in [0.2, 0.25) is 0 Å². The minimum atomic E-state index is -3.54. The van der Waals surface area contributed by atoms with Crippen molar-refractivity contribution in [1.29, 1.82) is 0 Å². The Hall–Kier alpha value is -1.20. The van der Waals surface area contributed by atoms with Crippen LogP contribution in [0.4, 0.5) is 0 Å². The highest BCUT2D eigenvalue weighted by atomic mass is 32.2. The van der Waals surface area contributed by atoms with E-state index in [0.29, 0.717) is 31.0 Å². The number of carbonyl (C=O) groups is 1. The van der Waals surface area contributed by atoms with E-state index < -0.39 is 10.0 Å². The van der Waals surface area contributed by atoms with Gasteiger partial charge in [0.1, 0.15) is 0 Å². The van der Waals surface area contributed by atoms with E-state index >= 15 is 0 Å². The van der Waals surface area contributed by atoms with E-state index in [2.05, 4.69) is 0 Å². The Morgan fingerprint density at radius 1 is 1.24 bits per heavy atom. The number of sulfonamides is 1. The third-order valence-electron chi connectivity index (χ3n) is 3.68. The van der Waals surface area contributed by atoms with Crippen LogP contribution < -0.4 is 0 Å². The Bertz CT molecular complexity index is 581. The second-order valence-corrected chi connectivity index (χ2v) is 7.21. The molecule has 1 atom stereocenters. The third kappa shape index (κ3) is 4.38. The van der Waals surface area contributed by atoms with Crippen molar-refractivity contribution in [2.24, 2.45) is 5.92 Å². The number of carbonyl (C=O) groups excluding carboxylic acids is 1. The average Bonchev–Trinajstić information content (AvgIpc) is 2.51. The first kappa shape index (κ1) is 17.9. The first-order valence-electron chi connectivity index (χ1n) is 7.50. The van der Waals surface area contributed by atoms with Crippen molar-refractivity contribution in [3.05, 3.63) is 29.8 Å². The molecule has 0 fully saturated rings. The van der Waals surface area contributed by atoms with Crippen LogP contribution >= 0.6 is 0 Å². The SMILES string of the molecule is CCC(=O)c1cccc(S(=O)(=O)N(CC)CC(C)CC)c1. The summed E-state index contributed by atoms with van der Waals surface area (Å²) in [7, 11) is -3.54. The maximum absolute atomic E-state index is 12.7. The molecule has 1 unspecified atom stereocenters. The van der Waals surface area contributed by atoms with E-state index in [0.717, 1.165) is 6.42 Å². The molecule has 0 N–H and O–H groups in total. The third-order valence-corrected chi connectivity index (χ3v) is 5.62. The van der Waals surface area contributed by atoms with E-state index in [1.54, 1.807) is 25.1 Å². The average molecular weight is 311 g/mol. The summed E-state index contributed by atoms with van der Waals surface area (Å²) in [5.74, 6) is 0.261. The Morgan fingerprint density at radius 2 is 1.90 bits per heavy atom. The number of ketones is 1. The molecule has 4 nitrogen and oxygen atoms in total. The molecule has 1 aromatic carbocycles. The molecule has 0 aliphatic heterocycles. The van der Waals surface area contributed by atoms with Crippen molar-refractivity contribution < 1.29 is 13.2 Å². The Balaban J connectivity index is 3.14. The molecule has 0 amide bonds. The quantitative estimate of drug-likeness (QED) is 0.692. The molecule has 118 valence electrons. The fourth-order valence-electron chi connectivity index (χ4n) is 2.06. The summed E-state index contributed by atoms with van der Waals surface area (Å²) in [6.07, 6.45) is 1.30. The lowest BCUT2D eigenvalue weighted by Gasteiger charge is -2.23. The van der Waals surface area contributed by atoms with Gasteiger partial charge in [0.2, 0.25) is 10.0 Å². The monoisotopic (exact) mass is 311 g/mol. The minimum absolute atomic E-state index is 0.0444. The molecule has 0 spiro atoms. The van der Waals surface area contributed by atoms with E-state index in [-0.39, 0.29) is 10.7 Å². The van der Waals surface area contributed by atoms with E-state index in [4.69, 9.17) is 0 Å². The number of rotatable bonds is 8. The molecule has 0 aliphatic carbocycles. The van der Waals surface area contributed by atoms with Gasteiger partial charge in [-0.25, -0.2) is 8.42 Å². The van der Waals surface area contributed by atoms with Gasteiger partial charge in [-0.1, -0.05) is 46.2 Å². The molecule has 1 aromatic rings. The van der Waals surface area contributed by atoms with Crippen LogP contribution in [-0.2, 0) is 10.0 Å². The van der Waals surface area contributed by atoms with E-state index in [9.17, 15) is 13.2 Å². The summed E-state index contributed by atoms with van der Waals surface area (Å²) in [6, 6.07) is 6.34. The number of Topliss-reactive ketones (excluding diaryl/α,β-unsaturated/α-hetero) is 1. The normalized spacial score (nSPS) is 13.4. The van der Waals surface area contributed by atoms with Gasteiger partial charge in [0, 0.05) is 25.1 Å². The molecular weight excluding hydrogens is 286 g/mol. The zero-order valence-corrected chi connectivity index (χ0v) is 14.1. The Labute approximate surface area is 128 Å². The number of nitrogens with zero attached hydrogens (tertiary/aromatic N) is 1. The van der Waals surface area contributed by atoms with Gasteiger partial charge in [0.25, 0.3) is 0 Å². The molecule has 5 heteroatoms. The fourth-order valence-corrected chi connectivity index (χ4v) is 3.67. The van der Waals surface area contributed by atoms with Gasteiger partial charge in [0.15, 0.2) is 5.78 Å². The van der Waals surface area contributed by atoms with Crippen molar-refractivity contribution in [3.63, 3.8) is 0 Å². The highest BCUT2D eigenvalue weighted by Crippen LogP contribution is 2.19. The predicted molar refractivity (Wildman–Crippen MR) is 85.0 cm³/mol. The first-order valence-corrected chi connectivity index (χ1v) is 8.94. The van der Waals surface area contributed by atoms with Gasteiger partial charge < -0.3 is 0 Å². The molecule has 0 aliphatic rings. The highest BCUT2D eigenvalue weighted by Gasteiger charge is 2.24. The lowest BCUT2D eigenvalue weighted by Crippen LogP contribution is -2.34. The first-order chi connectivity index (χ1) is 9.86. The summed E-state index contributed by atoms with van der Waals surface area (Å²) in [6.45, 7) is 8.62. The topological polar surface area (TPSA) is 54.5 Å². The van der Waals surface area contributed by atoms with Crippen molar-refractivity contribution >= 4 is 15.8 Å². The summed E-state index contributed by atoms with van der Waals surface area (Å²) in [4.78, 5) is 11.9. The summed E-state index contributed by atoms with van der Waals surface area (Å²) in [5.41, 5.74) is 0.457. The molecule has 0 heterocycles. The van der Waals surface area contributed by atoms with Crippen LogP contribution in [0.3, 0.4) is 0 Å². The minimum Gasteiger partial charge on any atom is -0.294 e. The van der Waals surface area contributed by atoms with Crippen molar-refractivity contribution in [2.45, 2.75) is 45.4 Å². The second-order valence-electron chi connectivity index (χ2n) is 5.27. The molecule has 0 saturated heterocycles. The van der Waals surface area contributed by atoms with Gasteiger partial charge in [-0.15, -0.1) is 0 Å². The van der Waals surface area contributed by atoms with Crippen molar-refractivity contribution in [3.8, 4) is 0 Å². The highest BCUT2D eigenvalue weighted by molar-refractivity contribution is 7.89. The van der Waals surface area contributed by atoms with Crippen LogP contribution in [-0.4, -0.2) is 31.6 Å². The van der Waals surface area contributed by atoms with Gasteiger partial charge in [-0.3, -0.25) is 4.79 Å². The fraction of sp³-hybridized carbons (Fsp3) is 0.562. The zero-order valence-electron chi connectivity index (χ0n) is 13.3. The smallest absolute Gasteiger partial charge is 0.243 e. The van der Waals surface area contributed by atoms with Crippen LogP contribution in [0, 0.1) is 5.92 Å². The van der Waals surface area contributed by atoms with E-state index in [1.165, 1.54) is 10.4 Å². The van der Waals surface area contributed by atoms with Gasteiger partial charge in [0.05, 0.1) is 4.90 Å². The molecule has 0 aromatic heterocycles. The van der Waals surface area contributed by atoms with Crippen LogP contribution in [0.25, 0.3) is 0 Å². The number of hydrogen-bond donors (Lipinski definition) is 0. The second kappa shape index (κ2) is 7.71. The van der Waals surface area contributed by atoms with Crippen LogP contribution in [0.5, 0.6) is 0 Å². The standard InChI is InChI=1S/C16H25NO3S/c1-5-13(4)12-17(7-3)21(19,20)15-10-8-9-14(11-15)16(18)6-2/h8-11,13H,5-7,12H2,1-4H3. The van der Waals surface area contributed by atoms with Crippen molar-refractivity contribution in [1.82, 2.24) is 4.31 Å². The molecule has 0 bridgehead atoms. The lowest BCUT2D eigenvalue weighted by atomic mass is 10.1. The molecule has 0 radical (unpaired) electrons. The zero-order chi connectivity index (χ0) is 16.0. The summed E-state index contributed by atoms with van der Waals surface area (Å²) in [5, 5.41) is 0. The number of benzene rings is 1. The number of hydrogen-bond acceptors (Lipinski definition) is 3. The summed E-state index contributed by atoms with van der Waals surface area (Å²) < 4.78 is 26.9. The van der Waals surface area contributed by atoms with Crippen LogP contribution in [0.1, 0.15) is 50.9 Å². The van der Waals surface area contributed by atoms with Gasteiger partial charge >= 0.3 is 0 Å². The predicted octanol–water partition coefficient (Wildman–Crippen LogP) is 3.34. The maximum Gasteiger partial charge on any atom is 0.243 e. The molecule has 21 heavy (non-hydrogen) atoms. The lowest BCUT2D eigenvalue weighted by molar-refractivity contribution is 0.0988. The Morgan fingerprint density at radius 3 is 2.43 bits per heavy atom. The van der Waals surface area contributed by atoms with Crippen LogP contribution in [0.15, 0.2) is 29.2 Å². The van der Waals surface area contributed by atoms with Crippen molar-refractivity contribution in [2.75, 3.05) is 13.1 Å².